The topological polar surface area (TPSA) is 75.0 Å². The number of nitrogens with one attached hydrogen (secondary N) is 2. The molecule has 0 radical (unpaired) electrons. The van der Waals surface area contributed by atoms with Crippen molar-refractivity contribution in [2.24, 2.45) is 0 Å². The summed E-state index contributed by atoms with van der Waals surface area (Å²) in [6.07, 6.45) is 0.654. The van der Waals surface area contributed by atoms with Crippen LogP contribution < -0.4 is 16.0 Å². The van der Waals surface area contributed by atoms with Crippen molar-refractivity contribution in [2.45, 2.75) is 18.9 Å². The van der Waals surface area contributed by atoms with Crippen LogP contribution in [-0.4, -0.2) is 15.5 Å². The van der Waals surface area contributed by atoms with Crippen LogP contribution in [0.5, 0.6) is 5.75 Å². The number of alkyl halides is 1. The molecule has 0 aliphatic carbocycles. The third kappa shape index (κ3) is 2.50. The highest BCUT2D eigenvalue weighted by Crippen LogP contribution is 2.18. The van der Waals surface area contributed by atoms with Crippen LogP contribution in [0.25, 0.3) is 10.9 Å². The molecule has 2 rings (SSSR count). The smallest absolute Gasteiger partial charge is 0.326 e. The second-order valence-corrected chi connectivity index (χ2v) is 4.04. The van der Waals surface area contributed by atoms with Crippen molar-refractivity contribution in [2.75, 3.05) is 0 Å². The van der Waals surface area contributed by atoms with E-state index in [1.54, 1.807) is 18.2 Å². The molecule has 2 N–H and O–H groups in total. The summed E-state index contributed by atoms with van der Waals surface area (Å²) < 4.78 is 5.38. The number of ether oxygens (including phenoxy) is 1. The zero-order valence-corrected chi connectivity index (χ0v) is 9.88. The van der Waals surface area contributed by atoms with Crippen LogP contribution in [0.2, 0.25) is 0 Å². The lowest BCUT2D eigenvalue weighted by atomic mass is 10.2. The summed E-state index contributed by atoms with van der Waals surface area (Å²) in [6, 6.07) is 4.82. The Hall–Kier alpha value is -1.75. The maximum atomic E-state index is 11.5. The van der Waals surface area contributed by atoms with Crippen molar-refractivity contribution < 1.29 is 4.74 Å². The lowest BCUT2D eigenvalue weighted by molar-refractivity contribution is 0.277. The highest BCUT2D eigenvalue weighted by Gasteiger charge is 2.06. The number of halogens is 1. The molecule has 1 aromatic heterocycles. The maximum absolute atomic E-state index is 11.5. The Kier molecular flexibility index (Phi) is 3.19. The normalized spacial score (nSPS) is 12.6. The van der Waals surface area contributed by atoms with Gasteiger partial charge in [0.15, 0.2) is 5.56 Å². The Labute approximate surface area is 101 Å². The Balaban J connectivity index is 2.51. The monoisotopic (exact) mass is 254 g/mol. The van der Waals surface area contributed by atoms with E-state index in [1.165, 1.54) is 0 Å². The van der Waals surface area contributed by atoms with Crippen LogP contribution in [0.1, 0.15) is 13.3 Å². The van der Waals surface area contributed by atoms with Crippen molar-refractivity contribution in [1.82, 2.24) is 9.97 Å². The summed E-state index contributed by atoms with van der Waals surface area (Å²) in [7, 11) is 0. The van der Waals surface area contributed by atoms with E-state index in [4.69, 9.17) is 16.3 Å². The molecule has 0 saturated carbocycles. The first kappa shape index (κ1) is 11.7. The van der Waals surface area contributed by atoms with Gasteiger partial charge in [0.05, 0.1) is 10.9 Å². The molecule has 2 aromatic rings. The molecule has 0 amide bonds. The Morgan fingerprint density at radius 1 is 1.35 bits per heavy atom. The summed E-state index contributed by atoms with van der Waals surface area (Å²) >= 11 is 5.85. The average molecular weight is 255 g/mol. The fourth-order valence-electron chi connectivity index (χ4n) is 1.45. The molecule has 6 heteroatoms. The number of benzene rings is 1. The average Bonchev–Trinajstić information content (AvgIpc) is 2.29. The summed E-state index contributed by atoms with van der Waals surface area (Å²) in [6.45, 7) is 1.89. The van der Waals surface area contributed by atoms with E-state index < -0.39 is 16.8 Å². The molecule has 1 heterocycles. The van der Waals surface area contributed by atoms with Crippen LogP contribution in [0, 0.1) is 0 Å². The zero-order chi connectivity index (χ0) is 12.4. The van der Waals surface area contributed by atoms with Gasteiger partial charge in [-0.25, -0.2) is 4.79 Å². The lowest BCUT2D eigenvalue weighted by Crippen LogP contribution is -2.21. The van der Waals surface area contributed by atoms with E-state index in [0.717, 1.165) is 0 Å². The van der Waals surface area contributed by atoms with Crippen LogP contribution in [0.15, 0.2) is 27.8 Å². The molecule has 0 aliphatic heterocycles. The van der Waals surface area contributed by atoms with E-state index in [0.29, 0.717) is 23.1 Å². The highest BCUT2D eigenvalue weighted by molar-refractivity contribution is 6.19. The van der Waals surface area contributed by atoms with Crippen molar-refractivity contribution in [3.63, 3.8) is 0 Å². The molecule has 0 bridgehead atoms. The third-order valence-corrected chi connectivity index (χ3v) is 2.69. The van der Waals surface area contributed by atoms with Crippen LogP contribution in [-0.2, 0) is 0 Å². The highest BCUT2D eigenvalue weighted by atomic mass is 35.5. The Morgan fingerprint density at radius 2 is 2.12 bits per heavy atom. The number of hydrogen-bond donors (Lipinski definition) is 2. The first-order chi connectivity index (χ1) is 8.10. The van der Waals surface area contributed by atoms with Gasteiger partial charge in [-0.15, -0.1) is 0 Å². The van der Waals surface area contributed by atoms with Crippen molar-refractivity contribution in [1.29, 1.82) is 0 Å². The summed E-state index contributed by atoms with van der Waals surface area (Å²) in [5.74, 6) is 0.497. The molecule has 0 fully saturated rings. The third-order valence-electron chi connectivity index (χ3n) is 2.30. The molecule has 0 saturated heterocycles. The minimum Gasteiger partial charge on any atom is -0.475 e. The quantitative estimate of drug-likeness (QED) is 0.817. The fourth-order valence-corrected chi connectivity index (χ4v) is 1.55. The molecule has 0 spiro atoms. The number of fused-ring (bicyclic) bond motifs is 1. The van der Waals surface area contributed by atoms with Gasteiger partial charge in [-0.2, -0.15) is 0 Å². The zero-order valence-electron chi connectivity index (χ0n) is 9.12. The molecule has 1 atom stereocenters. The van der Waals surface area contributed by atoms with Gasteiger partial charge in [0.1, 0.15) is 5.75 Å². The number of H-pyrrole nitrogens is 2. The second kappa shape index (κ2) is 4.63. The molecule has 17 heavy (non-hydrogen) atoms. The molecule has 1 aromatic carbocycles. The molecule has 1 unspecified atom stereocenters. The minimum absolute atomic E-state index is 0.363. The van der Waals surface area contributed by atoms with Crippen LogP contribution in [0.3, 0.4) is 0 Å². The van der Waals surface area contributed by atoms with Gasteiger partial charge < -0.3 is 9.72 Å². The maximum Gasteiger partial charge on any atom is 0.326 e. The molecule has 5 nitrogen and oxygen atoms in total. The van der Waals surface area contributed by atoms with E-state index in [2.05, 4.69) is 9.97 Å². The Morgan fingerprint density at radius 3 is 2.82 bits per heavy atom. The summed E-state index contributed by atoms with van der Waals surface area (Å²) in [5, 5.41) is 0.363. The van der Waals surface area contributed by atoms with Gasteiger partial charge in [0.25, 0.3) is 5.56 Å². The van der Waals surface area contributed by atoms with Crippen LogP contribution >= 0.6 is 11.6 Å². The predicted molar refractivity (Wildman–Crippen MR) is 65.7 cm³/mol. The van der Waals surface area contributed by atoms with E-state index in [-0.39, 0.29) is 0 Å². The number of hydrogen-bond acceptors (Lipinski definition) is 3. The van der Waals surface area contributed by atoms with E-state index in [1.807, 2.05) is 6.92 Å². The van der Waals surface area contributed by atoms with Crippen molar-refractivity contribution in [3.05, 3.63) is 39.0 Å². The Bertz CT molecular complexity index is 647. The predicted octanol–water partition coefficient (Wildman–Crippen LogP) is 1.57. The van der Waals surface area contributed by atoms with Crippen molar-refractivity contribution >= 4 is 22.5 Å². The fraction of sp³-hybridized carbons (Fsp3) is 0.273. The van der Waals surface area contributed by atoms with Gasteiger partial charge in [-0.1, -0.05) is 18.5 Å². The van der Waals surface area contributed by atoms with Crippen LogP contribution in [0.4, 0.5) is 0 Å². The van der Waals surface area contributed by atoms with Gasteiger partial charge in [-0.05, 0) is 24.6 Å². The van der Waals surface area contributed by atoms with Gasteiger partial charge in [0, 0.05) is 0 Å². The number of aromatic amines is 2. The molecule has 90 valence electrons. The molecular formula is C11H11ClN2O3. The number of aromatic nitrogens is 2. The molecular weight excluding hydrogens is 244 g/mol. The first-order valence-electron chi connectivity index (χ1n) is 5.17. The largest absolute Gasteiger partial charge is 0.475 e. The van der Waals surface area contributed by atoms with Gasteiger partial charge in [-0.3, -0.25) is 9.78 Å². The standard InChI is InChI=1S/C11H11ClN2O3/c1-2-9(12)17-6-3-4-8-7(5-6)10(15)14-11(16)13-8/h3-5,9H,2H2,1H3,(H2,13,14,15,16). The second-order valence-electron chi connectivity index (χ2n) is 3.55. The van der Waals surface area contributed by atoms with Crippen molar-refractivity contribution in [3.8, 4) is 5.75 Å². The molecule has 0 aliphatic rings. The van der Waals surface area contributed by atoms with E-state index in [9.17, 15) is 9.59 Å². The first-order valence-corrected chi connectivity index (χ1v) is 5.61. The summed E-state index contributed by atoms with van der Waals surface area (Å²) in [4.78, 5) is 27.3. The van der Waals surface area contributed by atoms with Gasteiger partial charge in [0.2, 0.25) is 0 Å². The summed E-state index contributed by atoms with van der Waals surface area (Å²) in [5.41, 5.74) is -0.945. The minimum atomic E-state index is -0.528. The lowest BCUT2D eigenvalue weighted by Gasteiger charge is -2.10. The van der Waals surface area contributed by atoms with E-state index >= 15 is 0 Å². The number of rotatable bonds is 3. The SMILES string of the molecule is CCC(Cl)Oc1ccc2[nH]c(=O)[nH]c(=O)c2c1. The van der Waals surface area contributed by atoms with Gasteiger partial charge >= 0.3 is 5.69 Å².